The average Bonchev–Trinajstić information content (AvgIpc) is 2.11. The van der Waals surface area contributed by atoms with Crippen LogP contribution in [0.1, 0.15) is 12.8 Å². The van der Waals surface area contributed by atoms with Crippen molar-refractivity contribution in [1.29, 1.82) is 0 Å². The van der Waals surface area contributed by atoms with Crippen LogP contribution in [0.5, 0.6) is 0 Å². The van der Waals surface area contributed by atoms with Crippen LogP contribution in [0.15, 0.2) is 37.0 Å². The van der Waals surface area contributed by atoms with Crippen LogP contribution in [0.2, 0.25) is 0 Å². The van der Waals surface area contributed by atoms with Gasteiger partial charge in [0.15, 0.2) is 5.78 Å². The zero-order chi connectivity index (χ0) is 9.73. The maximum Gasteiger partial charge on any atom is 0.178 e. The van der Waals surface area contributed by atoms with Crippen LogP contribution in [-0.4, -0.2) is 12.1 Å². The van der Waals surface area contributed by atoms with E-state index in [1.165, 1.54) is 12.2 Å². The Balaban J connectivity index is 2.85. The van der Waals surface area contributed by atoms with Crippen molar-refractivity contribution in [2.24, 2.45) is 5.41 Å². The molecule has 1 rings (SSSR count). The van der Waals surface area contributed by atoms with Crippen LogP contribution in [-0.2, 0) is 9.59 Å². The first-order chi connectivity index (χ1) is 6.22. The molecule has 0 heterocycles. The molecule has 13 heavy (non-hydrogen) atoms. The third-order valence-electron chi connectivity index (χ3n) is 2.15. The first-order valence-electron chi connectivity index (χ1n) is 4.19. The number of ketones is 1. The Morgan fingerprint density at radius 1 is 1.31 bits per heavy atom. The van der Waals surface area contributed by atoms with Crippen molar-refractivity contribution < 1.29 is 9.59 Å². The van der Waals surface area contributed by atoms with E-state index in [1.54, 1.807) is 18.2 Å². The lowest BCUT2D eigenvalue weighted by molar-refractivity contribution is -0.111. The van der Waals surface area contributed by atoms with Crippen molar-refractivity contribution in [3.63, 3.8) is 0 Å². The van der Waals surface area contributed by atoms with E-state index in [4.69, 9.17) is 0 Å². The quantitative estimate of drug-likeness (QED) is 0.483. The number of allylic oxidation sites excluding steroid dienone is 5. The Kier molecular flexibility index (Phi) is 2.96. The van der Waals surface area contributed by atoms with E-state index in [0.29, 0.717) is 12.8 Å². The van der Waals surface area contributed by atoms with Crippen LogP contribution in [0.25, 0.3) is 0 Å². The van der Waals surface area contributed by atoms with Gasteiger partial charge in [-0.3, -0.25) is 4.79 Å². The topological polar surface area (TPSA) is 34.1 Å². The van der Waals surface area contributed by atoms with Crippen molar-refractivity contribution in [3.8, 4) is 0 Å². The third-order valence-corrected chi connectivity index (χ3v) is 2.15. The first-order valence-corrected chi connectivity index (χ1v) is 4.19. The van der Waals surface area contributed by atoms with Gasteiger partial charge in [0.05, 0.1) is 0 Å². The molecule has 0 saturated heterocycles. The molecule has 0 radical (unpaired) electrons. The van der Waals surface area contributed by atoms with Gasteiger partial charge in [0.2, 0.25) is 0 Å². The molecule has 0 saturated carbocycles. The zero-order valence-corrected chi connectivity index (χ0v) is 7.40. The van der Waals surface area contributed by atoms with Gasteiger partial charge < -0.3 is 4.79 Å². The normalized spacial score (nSPS) is 18.6. The lowest BCUT2D eigenvalue weighted by atomic mass is 9.78. The predicted octanol–water partition coefficient (Wildman–Crippen LogP) is 1.83. The van der Waals surface area contributed by atoms with Crippen molar-refractivity contribution in [3.05, 3.63) is 37.0 Å². The molecule has 68 valence electrons. The van der Waals surface area contributed by atoms with Gasteiger partial charge in [0.25, 0.3) is 0 Å². The van der Waals surface area contributed by atoms with Gasteiger partial charge in [-0.05, 0) is 18.6 Å². The molecule has 2 nitrogen and oxygen atoms in total. The Bertz CT molecular complexity index is 256. The lowest BCUT2D eigenvalue weighted by Crippen LogP contribution is -2.18. The predicted molar refractivity (Wildman–Crippen MR) is 51.2 cm³/mol. The minimum Gasteiger partial charge on any atom is -0.303 e. The average molecular weight is 176 g/mol. The molecule has 0 aliphatic heterocycles. The van der Waals surface area contributed by atoms with Crippen LogP contribution in [0.4, 0.5) is 0 Å². The van der Waals surface area contributed by atoms with E-state index >= 15 is 0 Å². The van der Waals surface area contributed by atoms with E-state index < -0.39 is 0 Å². The van der Waals surface area contributed by atoms with Crippen LogP contribution in [0.3, 0.4) is 0 Å². The number of hydrogen-bond donors (Lipinski definition) is 0. The lowest BCUT2D eigenvalue weighted by Gasteiger charge is -2.24. The molecule has 0 aromatic rings. The molecule has 0 fully saturated rings. The van der Waals surface area contributed by atoms with Crippen molar-refractivity contribution in [2.75, 3.05) is 0 Å². The number of carbonyl (C=O) groups excluding carboxylic acids is 2. The number of carbonyl (C=O) groups is 2. The summed E-state index contributed by atoms with van der Waals surface area (Å²) in [4.78, 5) is 21.3. The summed E-state index contributed by atoms with van der Waals surface area (Å²) in [5.41, 5.74) is -0.308. The molecule has 2 heteroatoms. The highest BCUT2D eigenvalue weighted by Gasteiger charge is 2.24. The summed E-state index contributed by atoms with van der Waals surface area (Å²) < 4.78 is 0. The molecule has 0 amide bonds. The molecule has 0 N–H and O–H groups in total. The molecule has 0 aromatic heterocycles. The minimum absolute atomic E-state index is 0.0226. The van der Waals surface area contributed by atoms with E-state index in [2.05, 4.69) is 6.58 Å². The SMILES string of the molecule is C=CCC1(CC=O)C=CC(=O)C=C1. The highest BCUT2D eigenvalue weighted by molar-refractivity contribution is 6.00. The summed E-state index contributed by atoms with van der Waals surface area (Å²) in [6.45, 7) is 3.63. The highest BCUT2D eigenvalue weighted by atomic mass is 16.1. The van der Waals surface area contributed by atoms with Crippen molar-refractivity contribution >= 4 is 12.1 Å². The fourth-order valence-corrected chi connectivity index (χ4v) is 1.39. The molecule has 0 aromatic carbocycles. The van der Waals surface area contributed by atoms with E-state index in [9.17, 15) is 9.59 Å². The van der Waals surface area contributed by atoms with Gasteiger partial charge in [-0.15, -0.1) is 6.58 Å². The molecule has 0 spiro atoms. The minimum atomic E-state index is -0.308. The molecule has 1 aliphatic carbocycles. The molecular weight excluding hydrogens is 164 g/mol. The monoisotopic (exact) mass is 176 g/mol. The molecule has 0 unspecified atom stereocenters. The van der Waals surface area contributed by atoms with Crippen LogP contribution >= 0.6 is 0 Å². The molecule has 0 bridgehead atoms. The van der Waals surface area contributed by atoms with Gasteiger partial charge in [-0.25, -0.2) is 0 Å². The molecule has 0 atom stereocenters. The Morgan fingerprint density at radius 2 is 1.92 bits per heavy atom. The van der Waals surface area contributed by atoms with Gasteiger partial charge >= 0.3 is 0 Å². The number of hydrogen-bond acceptors (Lipinski definition) is 2. The van der Waals surface area contributed by atoms with Crippen LogP contribution < -0.4 is 0 Å². The van der Waals surface area contributed by atoms with E-state index in [-0.39, 0.29) is 11.2 Å². The summed E-state index contributed by atoms with van der Waals surface area (Å²) in [6, 6.07) is 0. The Labute approximate surface area is 77.6 Å². The highest BCUT2D eigenvalue weighted by Crippen LogP contribution is 2.31. The third kappa shape index (κ3) is 2.25. The summed E-state index contributed by atoms with van der Waals surface area (Å²) in [6.07, 6.45) is 10.3. The maximum atomic E-state index is 10.9. The van der Waals surface area contributed by atoms with Gasteiger partial charge in [-0.2, -0.15) is 0 Å². The van der Waals surface area contributed by atoms with Crippen molar-refractivity contribution in [2.45, 2.75) is 12.8 Å². The largest absolute Gasteiger partial charge is 0.303 e. The fourth-order valence-electron chi connectivity index (χ4n) is 1.39. The first kappa shape index (κ1) is 9.65. The fraction of sp³-hybridized carbons (Fsp3) is 0.273. The molecular formula is C11H12O2. The smallest absolute Gasteiger partial charge is 0.178 e. The summed E-state index contributed by atoms with van der Waals surface area (Å²) in [7, 11) is 0. The summed E-state index contributed by atoms with van der Waals surface area (Å²) in [5.74, 6) is -0.0226. The maximum absolute atomic E-state index is 10.9. The number of rotatable bonds is 4. The van der Waals surface area contributed by atoms with Gasteiger partial charge in [-0.1, -0.05) is 18.2 Å². The van der Waals surface area contributed by atoms with Gasteiger partial charge in [0, 0.05) is 11.8 Å². The Morgan fingerprint density at radius 3 is 2.38 bits per heavy atom. The van der Waals surface area contributed by atoms with Gasteiger partial charge in [0.1, 0.15) is 6.29 Å². The Hall–Kier alpha value is -1.44. The summed E-state index contributed by atoms with van der Waals surface area (Å²) >= 11 is 0. The van der Waals surface area contributed by atoms with Crippen molar-refractivity contribution in [1.82, 2.24) is 0 Å². The second kappa shape index (κ2) is 3.99. The second-order valence-corrected chi connectivity index (χ2v) is 3.17. The second-order valence-electron chi connectivity index (χ2n) is 3.17. The molecule has 1 aliphatic rings. The standard InChI is InChI=1S/C11H12O2/c1-2-5-11(8-9-12)6-3-10(13)4-7-11/h2-4,6-7,9H,1,5,8H2. The number of aldehydes is 1. The van der Waals surface area contributed by atoms with E-state index in [0.717, 1.165) is 6.29 Å². The zero-order valence-electron chi connectivity index (χ0n) is 7.40. The summed E-state index contributed by atoms with van der Waals surface area (Å²) in [5, 5.41) is 0. The van der Waals surface area contributed by atoms with E-state index in [1.807, 2.05) is 0 Å². The van der Waals surface area contributed by atoms with Crippen LogP contribution in [0, 0.1) is 5.41 Å².